The number of carbonyl (C=O) groups is 1. The molecule has 0 heterocycles. The highest BCUT2D eigenvalue weighted by molar-refractivity contribution is 6.36. The molecule has 0 radical (unpaired) electrons. The van der Waals surface area contributed by atoms with Gasteiger partial charge in [0.1, 0.15) is 5.75 Å². The van der Waals surface area contributed by atoms with Gasteiger partial charge in [0.15, 0.2) is 6.10 Å². The fourth-order valence-electron chi connectivity index (χ4n) is 1.84. The Labute approximate surface area is 144 Å². The maximum atomic E-state index is 12.2. The third-order valence-corrected chi connectivity index (χ3v) is 3.87. The summed E-state index contributed by atoms with van der Waals surface area (Å²) in [6.07, 6.45) is -0.747. The van der Waals surface area contributed by atoms with Crippen LogP contribution >= 0.6 is 23.2 Å². The van der Waals surface area contributed by atoms with E-state index in [1.165, 1.54) is 0 Å². The molecule has 1 unspecified atom stereocenters. The SMILES string of the molecule is Cc1cc(OC(C)C(=O)Nc2ccc(C#N)cc2)c(Cl)cc1Cl. The number of carbonyl (C=O) groups excluding carboxylic acids is 1. The summed E-state index contributed by atoms with van der Waals surface area (Å²) >= 11 is 12.0. The van der Waals surface area contributed by atoms with Crippen LogP contribution in [-0.4, -0.2) is 12.0 Å². The Hall–Kier alpha value is -2.22. The number of halogens is 2. The second-order valence-electron chi connectivity index (χ2n) is 4.97. The summed E-state index contributed by atoms with van der Waals surface area (Å²) in [7, 11) is 0. The molecule has 0 spiro atoms. The molecule has 23 heavy (non-hydrogen) atoms. The summed E-state index contributed by atoms with van der Waals surface area (Å²) in [5.41, 5.74) is 1.92. The van der Waals surface area contributed by atoms with Gasteiger partial charge in [0, 0.05) is 10.7 Å². The average molecular weight is 349 g/mol. The lowest BCUT2D eigenvalue weighted by Crippen LogP contribution is -2.30. The molecule has 6 heteroatoms. The topological polar surface area (TPSA) is 62.1 Å². The van der Waals surface area contributed by atoms with Crippen molar-refractivity contribution in [3.05, 3.63) is 57.6 Å². The molecule has 4 nitrogen and oxygen atoms in total. The lowest BCUT2D eigenvalue weighted by molar-refractivity contribution is -0.122. The zero-order valence-electron chi connectivity index (χ0n) is 12.6. The van der Waals surface area contributed by atoms with Gasteiger partial charge in [-0.2, -0.15) is 5.26 Å². The molecule has 0 aliphatic carbocycles. The highest BCUT2D eigenvalue weighted by Crippen LogP contribution is 2.31. The summed E-state index contributed by atoms with van der Waals surface area (Å²) in [5.74, 6) is 0.0782. The number of anilines is 1. The molecule has 1 amide bonds. The molecule has 2 rings (SSSR count). The fraction of sp³-hybridized carbons (Fsp3) is 0.176. The third-order valence-electron chi connectivity index (χ3n) is 3.17. The minimum atomic E-state index is -0.747. The van der Waals surface area contributed by atoms with Gasteiger partial charge in [-0.3, -0.25) is 4.79 Å². The van der Waals surface area contributed by atoms with E-state index in [1.54, 1.807) is 43.3 Å². The van der Waals surface area contributed by atoms with Gasteiger partial charge in [0.25, 0.3) is 5.91 Å². The number of aryl methyl sites for hydroxylation is 1. The second kappa shape index (κ2) is 7.36. The fourth-order valence-corrected chi connectivity index (χ4v) is 2.26. The van der Waals surface area contributed by atoms with E-state index >= 15 is 0 Å². The molecule has 0 fully saturated rings. The molecule has 0 aliphatic heterocycles. The van der Waals surface area contributed by atoms with Crippen molar-refractivity contribution in [2.24, 2.45) is 0 Å². The molecule has 2 aromatic rings. The Morgan fingerprint density at radius 1 is 1.22 bits per heavy atom. The first-order valence-corrected chi connectivity index (χ1v) is 7.59. The van der Waals surface area contributed by atoms with Crippen molar-refractivity contribution in [2.45, 2.75) is 20.0 Å². The molecule has 0 aliphatic rings. The Morgan fingerprint density at radius 3 is 2.48 bits per heavy atom. The van der Waals surface area contributed by atoms with Gasteiger partial charge in [-0.05, 0) is 55.8 Å². The van der Waals surface area contributed by atoms with Crippen LogP contribution in [0, 0.1) is 18.3 Å². The quantitative estimate of drug-likeness (QED) is 0.879. The Balaban J connectivity index is 2.05. The average Bonchev–Trinajstić information content (AvgIpc) is 2.53. The van der Waals surface area contributed by atoms with Crippen molar-refractivity contribution < 1.29 is 9.53 Å². The van der Waals surface area contributed by atoms with E-state index in [0.717, 1.165) is 5.56 Å². The van der Waals surface area contributed by atoms with Crippen molar-refractivity contribution >= 4 is 34.8 Å². The maximum Gasteiger partial charge on any atom is 0.265 e. The van der Waals surface area contributed by atoms with Crippen LogP contribution in [0.5, 0.6) is 5.75 Å². The smallest absolute Gasteiger partial charge is 0.265 e. The number of ether oxygens (including phenoxy) is 1. The lowest BCUT2D eigenvalue weighted by Gasteiger charge is -2.16. The molecule has 1 atom stereocenters. The van der Waals surface area contributed by atoms with E-state index in [-0.39, 0.29) is 5.91 Å². The summed E-state index contributed by atoms with van der Waals surface area (Å²) in [4.78, 5) is 12.2. The molecule has 118 valence electrons. The van der Waals surface area contributed by atoms with E-state index < -0.39 is 6.10 Å². The summed E-state index contributed by atoms with van der Waals surface area (Å²) in [5, 5.41) is 12.4. The molecular weight excluding hydrogens is 335 g/mol. The monoisotopic (exact) mass is 348 g/mol. The van der Waals surface area contributed by atoms with Crippen molar-refractivity contribution in [3.63, 3.8) is 0 Å². The summed E-state index contributed by atoms with van der Waals surface area (Å²) < 4.78 is 5.60. The molecule has 2 aromatic carbocycles. The zero-order valence-corrected chi connectivity index (χ0v) is 14.1. The van der Waals surface area contributed by atoms with Crippen molar-refractivity contribution in [1.82, 2.24) is 0 Å². The standard InChI is InChI=1S/C17H14Cl2N2O2/c1-10-7-16(15(19)8-14(10)18)23-11(2)17(22)21-13-5-3-12(9-20)4-6-13/h3-8,11H,1-2H3,(H,21,22). The van der Waals surface area contributed by atoms with Crippen LogP contribution in [0.2, 0.25) is 10.0 Å². The number of nitriles is 1. The van der Waals surface area contributed by atoms with E-state index in [0.29, 0.717) is 27.0 Å². The van der Waals surface area contributed by atoms with Crippen LogP contribution in [-0.2, 0) is 4.79 Å². The molecular formula is C17H14Cl2N2O2. The summed E-state index contributed by atoms with van der Waals surface area (Å²) in [6, 6.07) is 11.9. The van der Waals surface area contributed by atoms with Crippen LogP contribution < -0.4 is 10.1 Å². The normalized spacial score (nSPS) is 11.4. The van der Waals surface area contributed by atoms with Gasteiger partial charge in [-0.1, -0.05) is 23.2 Å². The number of amides is 1. The van der Waals surface area contributed by atoms with Crippen LogP contribution in [0.3, 0.4) is 0 Å². The second-order valence-corrected chi connectivity index (χ2v) is 5.78. The number of hydrogen-bond acceptors (Lipinski definition) is 3. The number of rotatable bonds is 4. The van der Waals surface area contributed by atoms with Gasteiger partial charge in [0.05, 0.1) is 16.7 Å². The van der Waals surface area contributed by atoms with Gasteiger partial charge in [-0.15, -0.1) is 0 Å². The zero-order chi connectivity index (χ0) is 17.0. The Kier molecular flexibility index (Phi) is 5.49. The van der Waals surface area contributed by atoms with Gasteiger partial charge < -0.3 is 10.1 Å². The van der Waals surface area contributed by atoms with Crippen LogP contribution in [0.1, 0.15) is 18.1 Å². The number of hydrogen-bond donors (Lipinski definition) is 1. The first kappa shape index (κ1) is 17.1. The predicted octanol–water partition coefficient (Wildman–Crippen LogP) is 4.58. The molecule has 0 bridgehead atoms. The molecule has 0 saturated carbocycles. The van der Waals surface area contributed by atoms with Crippen LogP contribution in [0.15, 0.2) is 36.4 Å². The predicted molar refractivity (Wildman–Crippen MR) is 91.1 cm³/mol. The van der Waals surface area contributed by atoms with E-state index in [4.69, 9.17) is 33.2 Å². The van der Waals surface area contributed by atoms with Crippen LogP contribution in [0.4, 0.5) is 5.69 Å². The minimum Gasteiger partial charge on any atom is -0.479 e. The maximum absolute atomic E-state index is 12.2. The summed E-state index contributed by atoms with van der Waals surface area (Å²) in [6.45, 7) is 3.45. The first-order valence-electron chi connectivity index (χ1n) is 6.84. The highest BCUT2D eigenvalue weighted by Gasteiger charge is 2.17. The minimum absolute atomic E-state index is 0.321. The van der Waals surface area contributed by atoms with Crippen molar-refractivity contribution in [2.75, 3.05) is 5.32 Å². The van der Waals surface area contributed by atoms with E-state index in [1.807, 2.05) is 13.0 Å². The van der Waals surface area contributed by atoms with Crippen molar-refractivity contribution in [1.29, 1.82) is 5.26 Å². The van der Waals surface area contributed by atoms with E-state index in [9.17, 15) is 4.79 Å². The molecule has 1 N–H and O–H groups in total. The first-order chi connectivity index (χ1) is 10.9. The van der Waals surface area contributed by atoms with Gasteiger partial charge >= 0.3 is 0 Å². The Morgan fingerprint density at radius 2 is 1.87 bits per heavy atom. The molecule has 0 saturated heterocycles. The third kappa shape index (κ3) is 4.38. The van der Waals surface area contributed by atoms with Gasteiger partial charge in [0.2, 0.25) is 0 Å². The number of nitrogens with one attached hydrogen (secondary N) is 1. The lowest BCUT2D eigenvalue weighted by atomic mass is 10.2. The largest absolute Gasteiger partial charge is 0.479 e. The Bertz CT molecular complexity index is 767. The number of benzene rings is 2. The highest BCUT2D eigenvalue weighted by atomic mass is 35.5. The van der Waals surface area contributed by atoms with Gasteiger partial charge in [-0.25, -0.2) is 0 Å². The van der Waals surface area contributed by atoms with E-state index in [2.05, 4.69) is 5.32 Å². The van der Waals surface area contributed by atoms with Crippen LogP contribution in [0.25, 0.3) is 0 Å². The van der Waals surface area contributed by atoms with Crippen molar-refractivity contribution in [3.8, 4) is 11.8 Å². The molecule has 0 aromatic heterocycles. The number of nitrogens with zero attached hydrogens (tertiary/aromatic N) is 1.